The summed E-state index contributed by atoms with van der Waals surface area (Å²) >= 11 is 0. The van der Waals surface area contributed by atoms with Crippen molar-refractivity contribution >= 4 is 28.3 Å². The van der Waals surface area contributed by atoms with Crippen LogP contribution in [-0.2, 0) is 19.6 Å². The fraction of sp³-hybridized carbons (Fsp3) is 0.929. The average Bonchev–Trinajstić information content (AvgIpc) is 2.84. The third-order valence-corrected chi connectivity index (χ3v) is 5.80. The molecule has 0 unspecified atom stereocenters. The molecule has 7 nitrogen and oxygen atoms in total. The zero-order chi connectivity index (χ0) is 16.0. The molecule has 0 aromatic rings. The van der Waals surface area contributed by atoms with Gasteiger partial charge >= 0.3 is 0 Å². The molecule has 2 N–H and O–H groups in total. The molecule has 0 spiro atoms. The van der Waals surface area contributed by atoms with Gasteiger partial charge in [-0.25, -0.2) is 13.1 Å². The Morgan fingerprint density at radius 3 is 2.43 bits per heavy atom. The highest BCUT2D eigenvalue weighted by atomic mass is 35.5. The summed E-state index contributed by atoms with van der Waals surface area (Å²) in [7, 11) is -3.44. The summed E-state index contributed by atoms with van der Waals surface area (Å²) in [6.07, 6.45) is 2.00. The van der Waals surface area contributed by atoms with Gasteiger partial charge in [-0.05, 0) is 44.7 Å². The van der Waals surface area contributed by atoms with E-state index in [1.165, 1.54) is 0 Å². The largest absolute Gasteiger partial charge is 0.381 e. The van der Waals surface area contributed by atoms with Crippen molar-refractivity contribution in [2.24, 2.45) is 11.8 Å². The number of ether oxygens (including phenoxy) is 1. The molecule has 23 heavy (non-hydrogen) atoms. The molecule has 2 rings (SSSR count). The molecule has 0 aliphatic carbocycles. The van der Waals surface area contributed by atoms with Crippen LogP contribution in [-0.4, -0.2) is 70.9 Å². The molecular formula is C14H28ClN3O4S. The van der Waals surface area contributed by atoms with Gasteiger partial charge in [-0.2, -0.15) is 0 Å². The highest BCUT2D eigenvalue weighted by Crippen LogP contribution is 2.26. The minimum absolute atomic E-state index is 0. The Bertz CT molecular complexity index is 461. The number of nitrogens with one attached hydrogen (secondary N) is 2. The number of hydrogen-bond acceptors (Lipinski definition) is 5. The Morgan fingerprint density at radius 1 is 1.26 bits per heavy atom. The molecule has 1 amide bonds. The van der Waals surface area contributed by atoms with E-state index in [-0.39, 0.29) is 37.2 Å². The summed E-state index contributed by atoms with van der Waals surface area (Å²) in [6.45, 7) is 5.83. The van der Waals surface area contributed by atoms with Crippen LogP contribution in [0, 0.1) is 11.8 Å². The van der Waals surface area contributed by atoms with Crippen LogP contribution in [0.25, 0.3) is 0 Å². The van der Waals surface area contributed by atoms with E-state index in [4.69, 9.17) is 4.74 Å². The van der Waals surface area contributed by atoms with Gasteiger partial charge in [0.05, 0.1) is 18.9 Å². The standard InChI is InChI=1S/C14H27N3O4S.ClH/c1-2-21-7-8-22(19,20)16-11-14(18)17-5-3-12-9-15-10-13(12)4-6-17;/h12-13,15-16H,2-11H2,1H3;1H/t12-,13+;. The number of hydrogen-bond donors (Lipinski definition) is 2. The molecule has 136 valence electrons. The summed E-state index contributed by atoms with van der Waals surface area (Å²) in [4.78, 5) is 14.0. The zero-order valence-electron chi connectivity index (χ0n) is 13.6. The number of sulfonamides is 1. The van der Waals surface area contributed by atoms with Gasteiger partial charge in [-0.3, -0.25) is 4.79 Å². The first-order valence-corrected chi connectivity index (χ1v) is 9.70. The van der Waals surface area contributed by atoms with Crippen LogP contribution in [0.2, 0.25) is 0 Å². The van der Waals surface area contributed by atoms with E-state index in [0.29, 0.717) is 18.4 Å². The second kappa shape index (κ2) is 9.78. The first-order valence-electron chi connectivity index (χ1n) is 8.05. The number of carbonyl (C=O) groups excluding carboxylic acids is 1. The van der Waals surface area contributed by atoms with Gasteiger partial charge in [-0.15, -0.1) is 12.4 Å². The SMILES string of the molecule is CCOCCS(=O)(=O)NCC(=O)N1CC[C@@H]2CNC[C@@H]2CC1.Cl. The van der Waals surface area contributed by atoms with Gasteiger partial charge < -0.3 is 15.0 Å². The third kappa shape index (κ3) is 6.54. The zero-order valence-corrected chi connectivity index (χ0v) is 15.3. The lowest BCUT2D eigenvalue weighted by Gasteiger charge is -2.21. The predicted molar refractivity (Wildman–Crippen MR) is 91.2 cm³/mol. The van der Waals surface area contributed by atoms with Crippen LogP contribution in [0.1, 0.15) is 19.8 Å². The van der Waals surface area contributed by atoms with Crippen molar-refractivity contribution < 1.29 is 17.9 Å². The van der Waals surface area contributed by atoms with E-state index >= 15 is 0 Å². The number of nitrogens with zero attached hydrogens (tertiary/aromatic N) is 1. The van der Waals surface area contributed by atoms with Crippen LogP contribution in [0.15, 0.2) is 0 Å². The van der Waals surface area contributed by atoms with Gasteiger partial charge in [0.25, 0.3) is 0 Å². The molecular weight excluding hydrogens is 342 g/mol. The Kier molecular flexibility index (Phi) is 8.78. The third-order valence-electron chi connectivity index (χ3n) is 4.52. The van der Waals surface area contributed by atoms with Gasteiger partial charge in [0.15, 0.2) is 0 Å². The van der Waals surface area contributed by atoms with E-state index < -0.39 is 10.0 Å². The molecule has 0 aromatic heterocycles. The topological polar surface area (TPSA) is 87.7 Å². The van der Waals surface area contributed by atoms with Crippen LogP contribution in [0.4, 0.5) is 0 Å². The minimum atomic E-state index is -3.44. The van der Waals surface area contributed by atoms with Gasteiger partial charge in [-0.1, -0.05) is 0 Å². The number of fused-ring (bicyclic) bond motifs is 1. The first kappa shape index (κ1) is 20.6. The number of amides is 1. The number of carbonyl (C=O) groups is 1. The lowest BCUT2D eigenvalue weighted by molar-refractivity contribution is -0.129. The Hall–Kier alpha value is -0.410. The predicted octanol–water partition coefficient (Wildman–Crippen LogP) is -0.178. The van der Waals surface area contributed by atoms with E-state index in [1.807, 2.05) is 6.92 Å². The fourth-order valence-electron chi connectivity index (χ4n) is 3.14. The second-order valence-electron chi connectivity index (χ2n) is 5.97. The van der Waals surface area contributed by atoms with Gasteiger partial charge in [0, 0.05) is 19.7 Å². The molecule has 2 fully saturated rings. The van der Waals surface area contributed by atoms with Crippen molar-refractivity contribution in [1.82, 2.24) is 14.9 Å². The maximum absolute atomic E-state index is 12.2. The Morgan fingerprint density at radius 2 is 1.87 bits per heavy atom. The summed E-state index contributed by atoms with van der Waals surface area (Å²) in [6, 6.07) is 0. The van der Waals surface area contributed by atoms with Crippen molar-refractivity contribution in [3.05, 3.63) is 0 Å². The molecule has 0 saturated carbocycles. The average molecular weight is 370 g/mol. The lowest BCUT2D eigenvalue weighted by atomic mass is 9.92. The highest BCUT2D eigenvalue weighted by Gasteiger charge is 2.31. The monoisotopic (exact) mass is 369 g/mol. The van der Waals surface area contributed by atoms with Crippen LogP contribution in [0.5, 0.6) is 0 Å². The quantitative estimate of drug-likeness (QED) is 0.608. The van der Waals surface area contributed by atoms with Crippen molar-refractivity contribution in [1.29, 1.82) is 0 Å². The first-order chi connectivity index (χ1) is 10.5. The fourth-order valence-corrected chi connectivity index (χ4v) is 3.96. The molecule has 2 atom stereocenters. The molecule has 0 aromatic carbocycles. The maximum atomic E-state index is 12.2. The second-order valence-corrected chi connectivity index (χ2v) is 7.90. The highest BCUT2D eigenvalue weighted by molar-refractivity contribution is 7.89. The van der Waals surface area contributed by atoms with Gasteiger partial charge in [0.2, 0.25) is 15.9 Å². The summed E-state index contributed by atoms with van der Waals surface area (Å²) in [5.41, 5.74) is 0. The maximum Gasteiger partial charge on any atom is 0.237 e. The Labute approximate surface area is 145 Å². The number of halogens is 1. The van der Waals surface area contributed by atoms with Crippen molar-refractivity contribution in [3.8, 4) is 0 Å². The van der Waals surface area contributed by atoms with Crippen LogP contribution < -0.4 is 10.0 Å². The smallest absolute Gasteiger partial charge is 0.237 e. The number of likely N-dealkylation sites (tertiary alicyclic amines) is 1. The molecule has 2 heterocycles. The molecule has 2 aliphatic rings. The van der Waals surface area contributed by atoms with Crippen LogP contribution in [0.3, 0.4) is 0 Å². The number of rotatable bonds is 7. The summed E-state index contributed by atoms with van der Waals surface area (Å²) in [5, 5.41) is 3.40. The molecule has 9 heteroatoms. The van der Waals surface area contributed by atoms with E-state index in [2.05, 4.69) is 10.0 Å². The van der Waals surface area contributed by atoms with E-state index in [9.17, 15) is 13.2 Å². The van der Waals surface area contributed by atoms with Crippen LogP contribution >= 0.6 is 12.4 Å². The van der Waals surface area contributed by atoms with Gasteiger partial charge in [0.1, 0.15) is 0 Å². The van der Waals surface area contributed by atoms with Crippen molar-refractivity contribution in [2.75, 3.05) is 51.7 Å². The minimum Gasteiger partial charge on any atom is -0.381 e. The molecule has 2 aliphatic heterocycles. The normalized spacial score (nSPS) is 24.7. The molecule has 0 bridgehead atoms. The summed E-state index contributed by atoms with van der Waals surface area (Å²) < 4.78 is 30.9. The van der Waals surface area contributed by atoms with E-state index in [0.717, 1.165) is 39.0 Å². The molecule has 0 radical (unpaired) electrons. The Balaban J connectivity index is 0.00000264. The lowest BCUT2D eigenvalue weighted by Crippen LogP contribution is -2.41. The molecule has 2 saturated heterocycles. The summed E-state index contributed by atoms with van der Waals surface area (Å²) in [5.74, 6) is 1.07. The van der Waals surface area contributed by atoms with E-state index in [1.54, 1.807) is 4.90 Å². The van der Waals surface area contributed by atoms with Crippen molar-refractivity contribution in [2.45, 2.75) is 19.8 Å². The van der Waals surface area contributed by atoms with Crippen molar-refractivity contribution in [3.63, 3.8) is 0 Å².